The van der Waals surface area contributed by atoms with Crippen LogP contribution in [-0.2, 0) is 4.74 Å². The summed E-state index contributed by atoms with van der Waals surface area (Å²) in [6.45, 7) is 7.93. The molecule has 1 aliphatic rings. The van der Waals surface area contributed by atoms with Gasteiger partial charge >= 0.3 is 0 Å². The Balaban J connectivity index is 2.36. The topological polar surface area (TPSA) is 12.5 Å². The van der Waals surface area contributed by atoms with Gasteiger partial charge in [-0.2, -0.15) is 0 Å². The number of methoxy groups -OCH3 is 1. The summed E-state index contributed by atoms with van der Waals surface area (Å²) >= 11 is 0. The minimum Gasteiger partial charge on any atom is -0.380 e. The highest BCUT2D eigenvalue weighted by Gasteiger charge is 2.27. The minimum absolute atomic E-state index is 0.472. The molecule has 0 radical (unpaired) electrons. The highest BCUT2D eigenvalue weighted by atomic mass is 16.5. The molecule has 1 rings (SSSR count). The van der Waals surface area contributed by atoms with Crippen molar-refractivity contribution in [1.29, 1.82) is 0 Å². The van der Waals surface area contributed by atoms with Crippen LogP contribution in [0.4, 0.5) is 0 Å². The predicted molar refractivity (Wildman–Crippen MR) is 42.1 cm³/mol. The molecule has 0 bridgehead atoms. The van der Waals surface area contributed by atoms with Crippen molar-refractivity contribution in [3.63, 3.8) is 0 Å². The van der Waals surface area contributed by atoms with Crippen molar-refractivity contribution < 1.29 is 4.74 Å². The highest BCUT2D eigenvalue weighted by Crippen LogP contribution is 2.17. The van der Waals surface area contributed by atoms with Crippen LogP contribution in [0, 0.1) is 5.92 Å². The third-order valence-electron chi connectivity index (χ3n) is 2.37. The lowest BCUT2D eigenvalue weighted by molar-refractivity contribution is 0.0840. The second-order valence-corrected chi connectivity index (χ2v) is 3.10. The summed E-state index contributed by atoms with van der Waals surface area (Å²) in [6, 6.07) is 0. The van der Waals surface area contributed by atoms with Crippen molar-refractivity contribution >= 4 is 0 Å². The van der Waals surface area contributed by atoms with Gasteiger partial charge in [-0.15, -0.1) is 0 Å². The lowest BCUT2D eigenvalue weighted by atomic mass is 10.1. The first-order valence-corrected chi connectivity index (χ1v) is 4.03. The summed E-state index contributed by atoms with van der Waals surface area (Å²) in [7, 11) is 1.81. The smallest absolute Gasteiger partial charge is 0.0735 e. The monoisotopic (exact) mass is 143 g/mol. The standard InChI is InChI=1S/C8H17NO/c1-4-9-5-7(2)8(6-9)10-3/h7-8H,4-6H2,1-3H3/t7?,8-/m0/s1. The van der Waals surface area contributed by atoms with Crippen LogP contribution in [0.5, 0.6) is 0 Å². The van der Waals surface area contributed by atoms with Crippen molar-refractivity contribution in [2.24, 2.45) is 5.92 Å². The lowest BCUT2D eigenvalue weighted by Crippen LogP contribution is -2.22. The number of nitrogens with zero attached hydrogens (tertiary/aromatic N) is 1. The first kappa shape index (κ1) is 8.02. The molecule has 10 heavy (non-hydrogen) atoms. The van der Waals surface area contributed by atoms with Gasteiger partial charge in [-0.05, 0) is 12.5 Å². The van der Waals surface area contributed by atoms with Crippen LogP contribution < -0.4 is 0 Å². The maximum Gasteiger partial charge on any atom is 0.0735 e. The van der Waals surface area contributed by atoms with E-state index in [1.807, 2.05) is 0 Å². The number of hydrogen-bond donors (Lipinski definition) is 0. The molecule has 0 aromatic rings. The quantitative estimate of drug-likeness (QED) is 0.571. The average Bonchev–Trinajstić information content (AvgIpc) is 2.30. The van der Waals surface area contributed by atoms with Gasteiger partial charge in [0.25, 0.3) is 0 Å². The van der Waals surface area contributed by atoms with Crippen LogP contribution >= 0.6 is 0 Å². The molecule has 1 heterocycles. The van der Waals surface area contributed by atoms with Crippen LogP contribution in [0.15, 0.2) is 0 Å². The molecule has 0 aromatic carbocycles. The number of rotatable bonds is 2. The minimum atomic E-state index is 0.472. The molecule has 0 saturated carbocycles. The Hall–Kier alpha value is -0.0800. The molecular formula is C8H17NO. The Morgan fingerprint density at radius 2 is 2.20 bits per heavy atom. The third-order valence-corrected chi connectivity index (χ3v) is 2.37. The van der Waals surface area contributed by atoms with Crippen LogP contribution in [0.1, 0.15) is 13.8 Å². The van der Waals surface area contributed by atoms with Crippen molar-refractivity contribution in [2.45, 2.75) is 20.0 Å². The van der Waals surface area contributed by atoms with Gasteiger partial charge in [0.1, 0.15) is 0 Å². The fraction of sp³-hybridized carbons (Fsp3) is 1.00. The average molecular weight is 143 g/mol. The third kappa shape index (κ3) is 1.50. The van der Waals surface area contributed by atoms with Gasteiger partial charge in [-0.25, -0.2) is 0 Å². The van der Waals surface area contributed by atoms with Crippen molar-refractivity contribution in [3.8, 4) is 0 Å². The van der Waals surface area contributed by atoms with Crippen LogP contribution in [0.25, 0.3) is 0 Å². The zero-order valence-corrected chi connectivity index (χ0v) is 7.13. The molecule has 1 unspecified atom stereocenters. The summed E-state index contributed by atoms with van der Waals surface area (Å²) in [5.41, 5.74) is 0. The van der Waals surface area contributed by atoms with E-state index in [1.54, 1.807) is 7.11 Å². The van der Waals surface area contributed by atoms with Gasteiger partial charge in [0.15, 0.2) is 0 Å². The Bertz CT molecular complexity index is 105. The van der Waals surface area contributed by atoms with Crippen molar-refractivity contribution in [2.75, 3.05) is 26.7 Å². The summed E-state index contributed by atoms with van der Waals surface area (Å²) in [5.74, 6) is 0.713. The summed E-state index contributed by atoms with van der Waals surface area (Å²) in [6.07, 6.45) is 0.472. The first-order valence-electron chi connectivity index (χ1n) is 4.03. The second-order valence-electron chi connectivity index (χ2n) is 3.10. The number of likely N-dealkylation sites (tertiary alicyclic amines) is 1. The van der Waals surface area contributed by atoms with E-state index in [4.69, 9.17) is 4.74 Å². The van der Waals surface area contributed by atoms with Gasteiger partial charge in [0, 0.05) is 20.2 Å². The number of likely N-dealkylation sites (N-methyl/N-ethyl adjacent to an activating group) is 1. The van der Waals surface area contributed by atoms with Gasteiger partial charge in [-0.3, -0.25) is 0 Å². The fourth-order valence-electron chi connectivity index (χ4n) is 1.60. The SMILES string of the molecule is CCN1CC(C)[C@@H](OC)C1. The molecule has 0 amide bonds. The molecule has 1 saturated heterocycles. The van der Waals surface area contributed by atoms with Gasteiger partial charge in [0.05, 0.1) is 6.10 Å². The molecule has 2 heteroatoms. The Labute approximate surface area is 63.2 Å². The Morgan fingerprint density at radius 1 is 1.50 bits per heavy atom. The summed E-state index contributed by atoms with van der Waals surface area (Å²) in [4.78, 5) is 2.43. The molecule has 0 aliphatic carbocycles. The normalized spacial score (nSPS) is 35.1. The van der Waals surface area contributed by atoms with Crippen molar-refractivity contribution in [3.05, 3.63) is 0 Å². The summed E-state index contributed by atoms with van der Waals surface area (Å²) < 4.78 is 5.31. The summed E-state index contributed by atoms with van der Waals surface area (Å²) in [5, 5.41) is 0. The van der Waals surface area contributed by atoms with Crippen LogP contribution in [-0.4, -0.2) is 37.7 Å². The van der Waals surface area contributed by atoms with E-state index in [1.165, 1.54) is 6.54 Å². The molecule has 1 aliphatic heterocycles. The molecule has 2 atom stereocenters. The molecule has 0 N–H and O–H groups in total. The zero-order valence-electron chi connectivity index (χ0n) is 7.13. The van der Waals surface area contributed by atoms with E-state index >= 15 is 0 Å². The molecule has 1 fully saturated rings. The molecule has 2 nitrogen and oxygen atoms in total. The molecule has 0 aromatic heterocycles. The van der Waals surface area contributed by atoms with Gasteiger partial charge < -0.3 is 9.64 Å². The van der Waals surface area contributed by atoms with Crippen LogP contribution in [0.2, 0.25) is 0 Å². The first-order chi connectivity index (χ1) is 4.77. The lowest BCUT2D eigenvalue weighted by Gasteiger charge is -2.11. The Morgan fingerprint density at radius 3 is 2.50 bits per heavy atom. The van der Waals surface area contributed by atoms with Gasteiger partial charge in [-0.1, -0.05) is 13.8 Å². The van der Waals surface area contributed by atoms with E-state index in [0.717, 1.165) is 13.1 Å². The maximum absolute atomic E-state index is 5.31. The zero-order chi connectivity index (χ0) is 7.56. The van der Waals surface area contributed by atoms with E-state index in [0.29, 0.717) is 12.0 Å². The molecular weight excluding hydrogens is 126 g/mol. The number of ether oxygens (including phenoxy) is 1. The largest absolute Gasteiger partial charge is 0.380 e. The molecule has 60 valence electrons. The van der Waals surface area contributed by atoms with E-state index in [2.05, 4.69) is 18.7 Å². The van der Waals surface area contributed by atoms with E-state index < -0.39 is 0 Å². The molecule has 0 spiro atoms. The van der Waals surface area contributed by atoms with Gasteiger partial charge in [0.2, 0.25) is 0 Å². The van der Waals surface area contributed by atoms with Crippen molar-refractivity contribution in [1.82, 2.24) is 4.90 Å². The fourth-order valence-corrected chi connectivity index (χ4v) is 1.60. The predicted octanol–water partition coefficient (Wildman–Crippen LogP) is 0.973. The maximum atomic E-state index is 5.31. The second kappa shape index (κ2) is 3.35. The van der Waals surface area contributed by atoms with E-state index in [9.17, 15) is 0 Å². The highest BCUT2D eigenvalue weighted by molar-refractivity contribution is 4.80. The Kier molecular flexibility index (Phi) is 2.69. The van der Waals surface area contributed by atoms with E-state index in [-0.39, 0.29) is 0 Å². The van der Waals surface area contributed by atoms with Crippen LogP contribution in [0.3, 0.4) is 0 Å². The number of hydrogen-bond acceptors (Lipinski definition) is 2.